The Kier molecular flexibility index (Phi) is 5.98. The predicted octanol–water partition coefficient (Wildman–Crippen LogP) is 1.38. The van der Waals surface area contributed by atoms with E-state index in [2.05, 4.69) is 5.32 Å². The van der Waals surface area contributed by atoms with Crippen LogP contribution in [0.2, 0.25) is 0 Å². The Hall–Kier alpha value is -0.550. The van der Waals surface area contributed by atoms with Crippen LogP contribution in [0.3, 0.4) is 0 Å². The van der Waals surface area contributed by atoms with Crippen molar-refractivity contribution < 1.29 is 10.2 Å². The van der Waals surface area contributed by atoms with E-state index >= 15 is 0 Å². The summed E-state index contributed by atoms with van der Waals surface area (Å²) >= 11 is 1.64. The average molecular weight is 255 g/mol. The summed E-state index contributed by atoms with van der Waals surface area (Å²) in [5.74, 6) is 0.726. The van der Waals surface area contributed by atoms with Crippen molar-refractivity contribution in [3.8, 4) is 0 Å². The van der Waals surface area contributed by atoms with Gasteiger partial charge in [0.2, 0.25) is 0 Å². The Morgan fingerprint density at radius 2 is 1.82 bits per heavy atom. The molecule has 0 fully saturated rings. The van der Waals surface area contributed by atoms with Crippen LogP contribution in [0.1, 0.15) is 18.1 Å². The number of nitrogens with one attached hydrogen (secondary N) is 1. The Balaban J connectivity index is 2.35. The summed E-state index contributed by atoms with van der Waals surface area (Å²) in [7, 11) is 0. The van der Waals surface area contributed by atoms with E-state index in [-0.39, 0.29) is 6.61 Å². The molecule has 96 valence electrons. The molecule has 1 aromatic carbocycles. The van der Waals surface area contributed by atoms with Crippen LogP contribution >= 0.6 is 11.8 Å². The number of hydrogen-bond acceptors (Lipinski definition) is 4. The molecule has 0 aromatic heterocycles. The molecule has 1 atom stereocenters. The lowest BCUT2D eigenvalue weighted by Crippen LogP contribution is -2.39. The third kappa shape index (κ3) is 5.55. The van der Waals surface area contributed by atoms with Crippen molar-refractivity contribution >= 4 is 11.8 Å². The Bertz CT molecular complexity index is 325. The molecule has 0 spiro atoms. The molecule has 3 nitrogen and oxygen atoms in total. The summed E-state index contributed by atoms with van der Waals surface area (Å²) in [6.07, 6.45) is 1.99. The first-order valence-electron chi connectivity index (χ1n) is 5.68. The molecule has 4 heteroatoms. The van der Waals surface area contributed by atoms with E-state index in [1.807, 2.05) is 37.4 Å². The van der Waals surface area contributed by atoms with Gasteiger partial charge in [-0.25, -0.2) is 0 Å². The molecule has 0 heterocycles. The molecule has 0 saturated heterocycles. The molecule has 0 amide bonds. The molecule has 0 radical (unpaired) electrons. The van der Waals surface area contributed by atoms with Crippen LogP contribution in [-0.2, 0) is 13.2 Å². The molecule has 1 unspecified atom stereocenters. The molecule has 3 N–H and O–H groups in total. The van der Waals surface area contributed by atoms with Crippen molar-refractivity contribution in [1.29, 1.82) is 0 Å². The van der Waals surface area contributed by atoms with Crippen LogP contribution in [0.4, 0.5) is 0 Å². The Morgan fingerprint density at radius 1 is 1.24 bits per heavy atom. The maximum Gasteiger partial charge on any atom is 0.0833 e. The lowest BCUT2D eigenvalue weighted by molar-refractivity contribution is 0.0846. The fourth-order valence-corrected chi connectivity index (χ4v) is 2.32. The van der Waals surface area contributed by atoms with E-state index in [1.54, 1.807) is 11.8 Å². The fourth-order valence-electron chi connectivity index (χ4n) is 1.60. The predicted molar refractivity (Wildman–Crippen MR) is 73.1 cm³/mol. The minimum Gasteiger partial charge on any atom is -0.392 e. The number of benzene rings is 1. The van der Waals surface area contributed by atoms with Crippen molar-refractivity contribution in [2.45, 2.75) is 25.7 Å². The van der Waals surface area contributed by atoms with E-state index < -0.39 is 5.60 Å². The summed E-state index contributed by atoms with van der Waals surface area (Å²) < 4.78 is 0. The molecular formula is C13H21NO2S. The van der Waals surface area contributed by atoms with Crippen LogP contribution in [0.15, 0.2) is 24.3 Å². The zero-order valence-electron chi connectivity index (χ0n) is 10.4. The van der Waals surface area contributed by atoms with Crippen LogP contribution in [0.25, 0.3) is 0 Å². The van der Waals surface area contributed by atoms with Crippen molar-refractivity contribution in [3.63, 3.8) is 0 Å². The van der Waals surface area contributed by atoms with Crippen LogP contribution in [0, 0.1) is 0 Å². The lowest BCUT2D eigenvalue weighted by atomic mass is 10.1. The molecule has 0 aliphatic carbocycles. The highest BCUT2D eigenvalue weighted by molar-refractivity contribution is 7.98. The zero-order valence-corrected chi connectivity index (χ0v) is 11.3. The molecule has 0 aliphatic rings. The first-order chi connectivity index (χ1) is 8.07. The number of aliphatic hydroxyl groups excluding tert-OH is 1. The lowest BCUT2D eigenvalue weighted by Gasteiger charge is -2.22. The van der Waals surface area contributed by atoms with Gasteiger partial charge in [-0.15, -0.1) is 0 Å². The highest BCUT2D eigenvalue weighted by Crippen LogP contribution is 2.10. The third-order valence-electron chi connectivity index (χ3n) is 2.50. The van der Waals surface area contributed by atoms with Crippen molar-refractivity contribution in [3.05, 3.63) is 35.4 Å². The largest absolute Gasteiger partial charge is 0.392 e. The average Bonchev–Trinajstić information content (AvgIpc) is 2.29. The molecule has 17 heavy (non-hydrogen) atoms. The standard InChI is InChI=1S/C13H21NO2S/c1-13(16,10-17-2)9-14-7-11-3-5-12(8-15)6-4-11/h3-6,14-16H,7-10H2,1-2H3. The van der Waals surface area contributed by atoms with Crippen LogP contribution in [0.5, 0.6) is 0 Å². The summed E-state index contributed by atoms with van der Waals surface area (Å²) in [5.41, 5.74) is 1.41. The van der Waals surface area contributed by atoms with E-state index in [0.717, 1.165) is 23.4 Å². The van der Waals surface area contributed by atoms with Gasteiger partial charge >= 0.3 is 0 Å². The molecule has 1 aromatic rings. The maximum absolute atomic E-state index is 9.96. The van der Waals surface area contributed by atoms with Crippen molar-refractivity contribution in [2.24, 2.45) is 0 Å². The monoisotopic (exact) mass is 255 g/mol. The van der Waals surface area contributed by atoms with E-state index in [4.69, 9.17) is 5.11 Å². The Morgan fingerprint density at radius 3 is 2.35 bits per heavy atom. The van der Waals surface area contributed by atoms with Gasteiger partial charge in [-0.2, -0.15) is 11.8 Å². The van der Waals surface area contributed by atoms with Gasteiger partial charge in [-0.3, -0.25) is 0 Å². The molecule has 0 saturated carbocycles. The second-order valence-electron chi connectivity index (χ2n) is 4.51. The number of hydrogen-bond donors (Lipinski definition) is 3. The SMILES string of the molecule is CSCC(C)(O)CNCc1ccc(CO)cc1. The minimum absolute atomic E-state index is 0.0795. The van der Waals surface area contributed by atoms with Gasteiger partial charge in [-0.1, -0.05) is 24.3 Å². The molecular weight excluding hydrogens is 234 g/mol. The summed E-state index contributed by atoms with van der Waals surface area (Å²) in [4.78, 5) is 0. The van der Waals surface area contributed by atoms with E-state index in [1.165, 1.54) is 0 Å². The van der Waals surface area contributed by atoms with E-state index in [0.29, 0.717) is 6.54 Å². The molecule has 0 aliphatic heterocycles. The Labute approximate surface area is 107 Å². The van der Waals surface area contributed by atoms with Gasteiger partial charge in [0.1, 0.15) is 0 Å². The normalized spacial score (nSPS) is 14.6. The topological polar surface area (TPSA) is 52.5 Å². The van der Waals surface area contributed by atoms with Gasteiger partial charge in [0.15, 0.2) is 0 Å². The number of thioether (sulfide) groups is 1. The van der Waals surface area contributed by atoms with Gasteiger partial charge < -0.3 is 15.5 Å². The molecule has 0 bridgehead atoms. The minimum atomic E-state index is -0.662. The van der Waals surface area contributed by atoms with Crippen LogP contribution < -0.4 is 5.32 Å². The van der Waals surface area contributed by atoms with Gasteiger partial charge in [0, 0.05) is 18.8 Å². The zero-order chi connectivity index (χ0) is 12.7. The number of rotatable bonds is 7. The summed E-state index contributed by atoms with van der Waals surface area (Å²) in [6.45, 7) is 3.23. The summed E-state index contributed by atoms with van der Waals surface area (Å²) in [6, 6.07) is 7.80. The quantitative estimate of drug-likeness (QED) is 0.689. The van der Waals surface area contributed by atoms with Gasteiger partial charge in [0.05, 0.1) is 12.2 Å². The second kappa shape index (κ2) is 7.01. The first-order valence-corrected chi connectivity index (χ1v) is 7.07. The third-order valence-corrected chi connectivity index (χ3v) is 3.41. The van der Waals surface area contributed by atoms with Gasteiger partial charge in [-0.05, 0) is 24.3 Å². The van der Waals surface area contributed by atoms with Crippen molar-refractivity contribution in [1.82, 2.24) is 5.32 Å². The first kappa shape index (κ1) is 14.5. The second-order valence-corrected chi connectivity index (χ2v) is 5.37. The van der Waals surface area contributed by atoms with Crippen molar-refractivity contribution in [2.75, 3.05) is 18.6 Å². The molecule has 1 rings (SSSR count). The van der Waals surface area contributed by atoms with Crippen LogP contribution in [-0.4, -0.2) is 34.4 Å². The van der Waals surface area contributed by atoms with Gasteiger partial charge in [0.25, 0.3) is 0 Å². The van der Waals surface area contributed by atoms with E-state index in [9.17, 15) is 5.11 Å². The smallest absolute Gasteiger partial charge is 0.0833 e. The fraction of sp³-hybridized carbons (Fsp3) is 0.538. The highest BCUT2D eigenvalue weighted by Gasteiger charge is 2.18. The number of aliphatic hydroxyl groups is 2. The maximum atomic E-state index is 9.96. The highest BCUT2D eigenvalue weighted by atomic mass is 32.2. The summed E-state index contributed by atoms with van der Waals surface area (Å²) in [5, 5.41) is 22.1.